The number of piperidine rings is 1. The van der Waals surface area contributed by atoms with Crippen molar-refractivity contribution in [3.63, 3.8) is 0 Å². The van der Waals surface area contributed by atoms with Gasteiger partial charge in [-0.05, 0) is 45.7 Å². The van der Waals surface area contributed by atoms with E-state index in [2.05, 4.69) is 15.3 Å². The second-order valence-corrected chi connectivity index (χ2v) is 8.58. The maximum Gasteiger partial charge on any atom is 0.410 e. The van der Waals surface area contributed by atoms with Crippen LogP contribution in [0.4, 0.5) is 10.7 Å². The molecule has 0 aliphatic carbocycles. The number of nitrogens with zero attached hydrogens (tertiary/aromatic N) is 4. The lowest BCUT2D eigenvalue weighted by Crippen LogP contribution is -2.47. The maximum atomic E-state index is 12.4. The van der Waals surface area contributed by atoms with Crippen LogP contribution in [-0.2, 0) is 4.74 Å². The van der Waals surface area contributed by atoms with Gasteiger partial charge in [-0.2, -0.15) is 0 Å². The Bertz CT molecular complexity index is 907. The molecule has 8 nitrogen and oxygen atoms in total. The van der Waals surface area contributed by atoms with Gasteiger partial charge >= 0.3 is 6.09 Å². The van der Waals surface area contributed by atoms with Crippen molar-refractivity contribution in [2.75, 3.05) is 32.5 Å². The minimum absolute atomic E-state index is 0.0420. The van der Waals surface area contributed by atoms with E-state index in [1.807, 2.05) is 26.8 Å². The predicted molar refractivity (Wildman–Crippen MR) is 112 cm³/mol. The molecule has 156 valence electrons. The van der Waals surface area contributed by atoms with Gasteiger partial charge in [0, 0.05) is 50.4 Å². The van der Waals surface area contributed by atoms with Crippen molar-refractivity contribution in [1.29, 1.82) is 0 Å². The van der Waals surface area contributed by atoms with Crippen LogP contribution in [-0.4, -0.2) is 70.6 Å². The van der Waals surface area contributed by atoms with Crippen LogP contribution in [0.15, 0.2) is 24.4 Å². The Hall–Kier alpha value is -2.90. The summed E-state index contributed by atoms with van der Waals surface area (Å²) in [5.74, 6) is 0.420. The summed E-state index contributed by atoms with van der Waals surface area (Å²) in [7, 11) is 3.44. The number of ether oxygens (including phenoxy) is 1. The van der Waals surface area contributed by atoms with Gasteiger partial charge in [-0.15, -0.1) is 0 Å². The molecule has 1 aromatic heterocycles. The zero-order valence-corrected chi connectivity index (χ0v) is 17.7. The Balaban J connectivity index is 1.72. The number of amides is 2. The van der Waals surface area contributed by atoms with E-state index in [4.69, 9.17) is 4.74 Å². The van der Waals surface area contributed by atoms with Gasteiger partial charge in [0.2, 0.25) is 5.95 Å². The molecule has 1 fully saturated rings. The third-order valence-electron chi connectivity index (χ3n) is 4.64. The first-order valence-electron chi connectivity index (χ1n) is 9.85. The molecule has 1 aromatic carbocycles. The molecular formula is C21H29N5O3. The van der Waals surface area contributed by atoms with Gasteiger partial charge < -0.3 is 19.9 Å². The van der Waals surface area contributed by atoms with Crippen molar-refractivity contribution in [3.8, 4) is 0 Å². The van der Waals surface area contributed by atoms with Crippen LogP contribution in [0, 0.1) is 0 Å². The van der Waals surface area contributed by atoms with Gasteiger partial charge in [0.25, 0.3) is 5.91 Å². The number of aromatic nitrogens is 2. The molecule has 1 aliphatic heterocycles. The van der Waals surface area contributed by atoms with Crippen molar-refractivity contribution < 1.29 is 14.3 Å². The van der Waals surface area contributed by atoms with Gasteiger partial charge in [-0.3, -0.25) is 4.79 Å². The average molecular weight is 399 g/mol. The Morgan fingerprint density at radius 3 is 2.72 bits per heavy atom. The quantitative estimate of drug-likeness (QED) is 0.853. The van der Waals surface area contributed by atoms with E-state index in [9.17, 15) is 9.59 Å². The molecule has 0 spiro atoms. The number of carbonyl (C=O) groups excluding carboxylic acids is 2. The van der Waals surface area contributed by atoms with E-state index in [0.29, 0.717) is 30.1 Å². The van der Waals surface area contributed by atoms with E-state index in [0.717, 1.165) is 18.2 Å². The fourth-order valence-electron chi connectivity index (χ4n) is 3.25. The zero-order chi connectivity index (χ0) is 21.2. The molecule has 0 saturated carbocycles. The fourth-order valence-corrected chi connectivity index (χ4v) is 3.25. The number of benzene rings is 1. The van der Waals surface area contributed by atoms with Crippen LogP contribution in [0.1, 0.15) is 44.0 Å². The lowest BCUT2D eigenvalue weighted by molar-refractivity contribution is 0.0206. The number of nitrogens with one attached hydrogen (secondary N) is 1. The van der Waals surface area contributed by atoms with Crippen molar-refractivity contribution in [2.24, 2.45) is 0 Å². The average Bonchev–Trinajstić information content (AvgIpc) is 2.65. The number of likely N-dealkylation sites (tertiary alicyclic amines) is 1. The Morgan fingerprint density at radius 2 is 2.03 bits per heavy atom. The van der Waals surface area contributed by atoms with Gasteiger partial charge in [0.15, 0.2) is 0 Å². The van der Waals surface area contributed by atoms with Gasteiger partial charge in [-0.25, -0.2) is 14.8 Å². The Morgan fingerprint density at radius 1 is 1.28 bits per heavy atom. The smallest absolute Gasteiger partial charge is 0.410 e. The first-order valence-corrected chi connectivity index (χ1v) is 9.85. The molecule has 8 heteroatoms. The fraction of sp³-hybridized carbons (Fsp3) is 0.524. The Labute approximate surface area is 171 Å². The molecule has 29 heavy (non-hydrogen) atoms. The summed E-state index contributed by atoms with van der Waals surface area (Å²) in [6, 6.07) is 5.44. The van der Waals surface area contributed by atoms with E-state index in [1.165, 1.54) is 4.90 Å². The molecule has 2 amide bonds. The molecule has 0 radical (unpaired) electrons. The van der Waals surface area contributed by atoms with Crippen LogP contribution < -0.4 is 5.32 Å². The number of rotatable bonds is 3. The summed E-state index contributed by atoms with van der Waals surface area (Å²) in [6.07, 6.45) is 3.24. The Kier molecular flexibility index (Phi) is 5.91. The summed E-state index contributed by atoms with van der Waals surface area (Å²) < 4.78 is 5.48. The largest absolute Gasteiger partial charge is 0.444 e. The van der Waals surface area contributed by atoms with Crippen LogP contribution >= 0.6 is 0 Å². The van der Waals surface area contributed by atoms with Crippen molar-refractivity contribution >= 4 is 28.9 Å². The van der Waals surface area contributed by atoms with E-state index < -0.39 is 5.60 Å². The molecule has 2 aromatic rings. The number of hydrogen-bond donors (Lipinski definition) is 1. The first kappa shape index (κ1) is 20.8. The summed E-state index contributed by atoms with van der Waals surface area (Å²) >= 11 is 0. The first-order chi connectivity index (χ1) is 13.6. The number of carbonyl (C=O) groups is 2. The van der Waals surface area contributed by atoms with Crippen LogP contribution in [0.3, 0.4) is 0 Å². The zero-order valence-electron chi connectivity index (χ0n) is 17.7. The van der Waals surface area contributed by atoms with Gasteiger partial charge in [-0.1, -0.05) is 6.07 Å². The molecule has 1 aliphatic rings. The highest BCUT2D eigenvalue weighted by Crippen LogP contribution is 2.20. The summed E-state index contributed by atoms with van der Waals surface area (Å²) in [4.78, 5) is 36.8. The molecule has 1 N–H and O–H groups in total. The maximum absolute atomic E-state index is 12.4. The van der Waals surface area contributed by atoms with E-state index in [-0.39, 0.29) is 18.0 Å². The molecule has 2 heterocycles. The monoisotopic (exact) mass is 399 g/mol. The van der Waals surface area contributed by atoms with Crippen molar-refractivity contribution in [2.45, 2.75) is 45.3 Å². The minimum atomic E-state index is -0.513. The standard InChI is InChI=1S/C21H29N5O3/c1-21(2,3)29-20(28)26-10-6-7-16(13-26)23-19-22-12-15-9-8-14(11-17(15)24-19)18(27)25(4)5/h8-9,11-12,16H,6-7,10,13H2,1-5H3,(H,22,23,24)/t16-/m0/s1. The second kappa shape index (κ2) is 8.23. The molecule has 0 bridgehead atoms. The molecule has 1 saturated heterocycles. The van der Waals surface area contributed by atoms with Crippen LogP contribution in [0.5, 0.6) is 0 Å². The molecule has 3 rings (SSSR count). The molecule has 0 unspecified atom stereocenters. The highest BCUT2D eigenvalue weighted by molar-refractivity contribution is 5.97. The SMILES string of the molecule is CN(C)C(=O)c1ccc2cnc(N[C@H]3CCCN(C(=O)OC(C)(C)C)C3)nc2c1. The number of hydrogen-bond acceptors (Lipinski definition) is 6. The predicted octanol–water partition coefficient (Wildman–Crippen LogP) is 3.14. The molecular weight excluding hydrogens is 370 g/mol. The third kappa shape index (κ3) is 5.34. The van der Waals surface area contributed by atoms with Gasteiger partial charge in [0.05, 0.1) is 5.52 Å². The second-order valence-electron chi connectivity index (χ2n) is 8.58. The summed E-state index contributed by atoms with van der Waals surface area (Å²) in [6.45, 7) is 6.81. The summed E-state index contributed by atoms with van der Waals surface area (Å²) in [5, 5.41) is 4.19. The minimum Gasteiger partial charge on any atom is -0.444 e. The lowest BCUT2D eigenvalue weighted by Gasteiger charge is -2.34. The highest BCUT2D eigenvalue weighted by atomic mass is 16.6. The number of fused-ring (bicyclic) bond motifs is 1. The topological polar surface area (TPSA) is 87.7 Å². The van der Waals surface area contributed by atoms with Crippen LogP contribution in [0.2, 0.25) is 0 Å². The molecule has 1 atom stereocenters. The van der Waals surface area contributed by atoms with E-state index >= 15 is 0 Å². The summed E-state index contributed by atoms with van der Waals surface area (Å²) in [5.41, 5.74) is 0.775. The normalized spacial score (nSPS) is 17.1. The van der Waals surface area contributed by atoms with Crippen LogP contribution in [0.25, 0.3) is 10.9 Å². The third-order valence-corrected chi connectivity index (χ3v) is 4.64. The van der Waals surface area contributed by atoms with Crippen molar-refractivity contribution in [1.82, 2.24) is 19.8 Å². The van der Waals surface area contributed by atoms with Crippen molar-refractivity contribution in [3.05, 3.63) is 30.0 Å². The number of anilines is 1. The van der Waals surface area contributed by atoms with E-state index in [1.54, 1.807) is 37.3 Å². The van der Waals surface area contributed by atoms with Gasteiger partial charge in [0.1, 0.15) is 5.60 Å². The highest BCUT2D eigenvalue weighted by Gasteiger charge is 2.28. The lowest BCUT2D eigenvalue weighted by atomic mass is 10.1.